The van der Waals surface area contributed by atoms with E-state index in [0.717, 1.165) is 38.0 Å². The fraction of sp³-hybridized carbons (Fsp3) is 0.846. The van der Waals surface area contributed by atoms with Gasteiger partial charge in [0.15, 0.2) is 0 Å². The normalized spacial score (nSPS) is 28.7. The lowest BCUT2D eigenvalue weighted by molar-refractivity contribution is -0.121. The van der Waals surface area contributed by atoms with Crippen molar-refractivity contribution in [3.05, 3.63) is 0 Å². The summed E-state index contributed by atoms with van der Waals surface area (Å²) < 4.78 is 0. The molecule has 0 aromatic heterocycles. The maximum Gasteiger partial charge on any atom is 0.315 e. The Morgan fingerprint density at radius 3 is 3.05 bits per heavy atom. The summed E-state index contributed by atoms with van der Waals surface area (Å²) in [5.74, 6) is 1.17. The first-order chi connectivity index (χ1) is 9.20. The summed E-state index contributed by atoms with van der Waals surface area (Å²) in [6.45, 7) is 2.83. The zero-order chi connectivity index (χ0) is 13.7. The fourth-order valence-corrected chi connectivity index (χ4v) is 4.17. The average Bonchev–Trinajstić information content (AvgIpc) is 2.92. The summed E-state index contributed by atoms with van der Waals surface area (Å²) in [5, 5.41) is 9.33. The highest BCUT2D eigenvalue weighted by molar-refractivity contribution is 8.00. The van der Waals surface area contributed by atoms with E-state index in [4.69, 9.17) is 0 Å². The number of fused-ring (bicyclic) bond motifs is 1. The molecule has 0 radical (unpaired) electrons. The molecule has 2 rings (SSSR count). The van der Waals surface area contributed by atoms with Gasteiger partial charge in [-0.3, -0.25) is 4.79 Å². The van der Waals surface area contributed by atoms with Crippen LogP contribution in [0.3, 0.4) is 0 Å². The van der Waals surface area contributed by atoms with Crippen molar-refractivity contribution < 1.29 is 9.59 Å². The Morgan fingerprint density at radius 1 is 1.42 bits per heavy atom. The third kappa shape index (κ3) is 4.03. The zero-order valence-electron chi connectivity index (χ0n) is 11.4. The van der Waals surface area contributed by atoms with Crippen LogP contribution in [-0.2, 0) is 4.79 Å². The highest BCUT2D eigenvalue weighted by Crippen LogP contribution is 2.33. The van der Waals surface area contributed by atoms with Gasteiger partial charge >= 0.3 is 6.03 Å². The number of carbonyl (C=O) groups excluding carboxylic acids is 2. The van der Waals surface area contributed by atoms with Crippen molar-refractivity contribution in [3.8, 4) is 0 Å². The van der Waals surface area contributed by atoms with E-state index in [1.54, 1.807) is 0 Å². The monoisotopic (exact) mass is 285 g/mol. The molecule has 0 aromatic rings. The second-order valence-electron chi connectivity index (χ2n) is 5.22. The predicted molar refractivity (Wildman–Crippen MR) is 77.3 cm³/mol. The molecule has 2 fully saturated rings. The highest BCUT2D eigenvalue weighted by atomic mass is 32.2. The largest absolute Gasteiger partial charge is 0.356 e. The van der Waals surface area contributed by atoms with Gasteiger partial charge in [0.05, 0.1) is 12.1 Å². The molecule has 0 bridgehead atoms. The number of rotatable bonds is 7. The Labute approximate surface area is 118 Å². The number of amides is 3. The van der Waals surface area contributed by atoms with Gasteiger partial charge in [0.25, 0.3) is 0 Å². The van der Waals surface area contributed by atoms with Crippen LogP contribution in [-0.4, -0.2) is 41.6 Å². The number of unbranched alkanes of at least 4 members (excludes halogenated alkanes) is 1. The molecule has 3 amide bonds. The van der Waals surface area contributed by atoms with E-state index in [9.17, 15) is 9.59 Å². The summed E-state index contributed by atoms with van der Waals surface area (Å²) in [4.78, 5) is 22.7. The first kappa shape index (κ1) is 14.5. The van der Waals surface area contributed by atoms with Crippen molar-refractivity contribution in [2.45, 2.75) is 56.4 Å². The Morgan fingerprint density at radius 2 is 2.26 bits per heavy atom. The smallest absolute Gasteiger partial charge is 0.315 e. The number of carbonyl (C=O) groups is 2. The molecule has 19 heavy (non-hydrogen) atoms. The van der Waals surface area contributed by atoms with E-state index in [1.807, 2.05) is 11.8 Å². The molecule has 0 aromatic carbocycles. The predicted octanol–water partition coefficient (Wildman–Crippen LogP) is 1.24. The minimum absolute atomic E-state index is 0.0285. The molecule has 2 aliphatic rings. The first-order valence-electron chi connectivity index (χ1n) is 7.16. The fourth-order valence-electron chi connectivity index (χ4n) is 2.63. The van der Waals surface area contributed by atoms with Gasteiger partial charge in [0, 0.05) is 24.0 Å². The summed E-state index contributed by atoms with van der Waals surface area (Å²) in [6, 6.07) is 0.556. The molecular weight excluding hydrogens is 262 g/mol. The molecular formula is C13H23N3O2S. The van der Waals surface area contributed by atoms with Crippen molar-refractivity contribution in [2.75, 3.05) is 12.3 Å². The van der Waals surface area contributed by atoms with Crippen LogP contribution in [0.5, 0.6) is 0 Å². The zero-order valence-corrected chi connectivity index (χ0v) is 12.2. The van der Waals surface area contributed by atoms with Gasteiger partial charge in [-0.15, -0.1) is 0 Å². The van der Waals surface area contributed by atoms with Crippen LogP contribution in [0, 0.1) is 0 Å². The number of thioether (sulfide) groups is 1. The second kappa shape index (κ2) is 7.03. The number of hydrogen-bond acceptors (Lipinski definition) is 3. The van der Waals surface area contributed by atoms with Crippen molar-refractivity contribution >= 4 is 23.7 Å². The molecule has 5 nitrogen and oxygen atoms in total. The van der Waals surface area contributed by atoms with Gasteiger partial charge in [0.2, 0.25) is 5.91 Å². The molecule has 108 valence electrons. The third-order valence-electron chi connectivity index (χ3n) is 3.65. The molecule has 0 unspecified atom stereocenters. The van der Waals surface area contributed by atoms with Gasteiger partial charge in [-0.25, -0.2) is 4.79 Å². The summed E-state index contributed by atoms with van der Waals surface area (Å²) in [6.07, 6.45) is 4.67. The van der Waals surface area contributed by atoms with E-state index < -0.39 is 0 Å². The Hall–Kier alpha value is -0.910. The summed E-state index contributed by atoms with van der Waals surface area (Å²) in [5.41, 5.74) is 0. The van der Waals surface area contributed by atoms with Crippen LogP contribution in [0.25, 0.3) is 0 Å². The number of hydrogen-bond donors (Lipinski definition) is 3. The quantitative estimate of drug-likeness (QED) is 0.487. The standard InChI is InChI=1S/C13H23N3O2S/c1-2-7-14-11(17)6-4-3-5-10-12-9(8-19-10)15-13(18)16-12/h9-10,12H,2-8H2,1H3,(H,14,17)(H2,15,16,18)/t9-,10-,12-/m1/s1. The van der Waals surface area contributed by atoms with Crippen LogP contribution < -0.4 is 16.0 Å². The van der Waals surface area contributed by atoms with Gasteiger partial charge < -0.3 is 16.0 Å². The Balaban J connectivity index is 1.59. The molecule has 2 heterocycles. The van der Waals surface area contributed by atoms with Crippen LogP contribution in [0.1, 0.15) is 39.0 Å². The maximum absolute atomic E-state index is 11.4. The lowest BCUT2D eigenvalue weighted by atomic mass is 10.0. The number of urea groups is 1. The first-order valence-corrected chi connectivity index (χ1v) is 8.21. The minimum atomic E-state index is -0.0285. The molecule has 2 aliphatic heterocycles. The van der Waals surface area contributed by atoms with Gasteiger partial charge in [-0.05, 0) is 19.3 Å². The van der Waals surface area contributed by atoms with Crippen molar-refractivity contribution in [1.29, 1.82) is 0 Å². The van der Waals surface area contributed by atoms with Crippen LogP contribution >= 0.6 is 11.8 Å². The molecule has 0 saturated carbocycles. The minimum Gasteiger partial charge on any atom is -0.356 e. The molecule has 3 N–H and O–H groups in total. The van der Waals surface area contributed by atoms with Gasteiger partial charge in [0.1, 0.15) is 0 Å². The van der Waals surface area contributed by atoms with E-state index in [0.29, 0.717) is 17.7 Å². The topological polar surface area (TPSA) is 70.2 Å². The second-order valence-corrected chi connectivity index (χ2v) is 6.49. The number of nitrogens with one attached hydrogen (secondary N) is 3. The Kier molecular flexibility index (Phi) is 5.36. The maximum atomic E-state index is 11.4. The lowest BCUT2D eigenvalue weighted by Gasteiger charge is -2.16. The molecule has 0 spiro atoms. The van der Waals surface area contributed by atoms with E-state index >= 15 is 0 Å². The van der Waals surface area contributed by atoms with E-state index in [1.165, 1.54) is 0 Å². The average molecular weight is 285 g/mol. The van der Waals surface area contributed by atoms with Crippen molar-refractivity contribution in [1.82, 2.24) is 16.0 Å². The van der Waals surface area contributed by atoms with Gasteiger partial charge in [-0.2, -0.15) is 11.8 Å². The van der Waals surface area contributed by atoms with E-state index in [-0.39, 0.29) is 18.0 Å². The third-order valence-corrected chi connectivity index (χ3v) is 5.16. The van der Waals surface area contributed by atoms with Crippen LogP contribution in [0.2, 0.25) is 0 Å². The SMILES string of the molecule is CCCNC(=O)CCCC[C@H]1SC[C@H]2NC(=O)N[C@H]21. The molecule has 3 atom stereocenters. The van der Waals surface area contributed by atoms with Gasteiger partial charge in [-0.1, -0.05) is 13.3 Å². The van der Waals surface area contributed by atoms with Crippen molar-refractivity contribution in [3.63, 3.8) is 0 Å². The molecule has 2 saturated heterocycles. The highest BCUT2D eigenvalue weighted by Gasteiger charge is 2.42. The van der Waals surface area contributed by atoms with Crippen LogP contribution in [0.15, 0.2) is 0 Å². The van der Waals surface area contributed by atoms with Crippen molar-refractivity contribution in [2.24, 2.45) is 0 Å². The molecule has 6 heteroatoms. The lowest BCUT2D eigenvalue weighted by Crippen LogP contribution is -2.36. The molecule has 0 aliphatic carbocycles. The summed E-state index contributed by atoms with van der Waals surface area (Å²) >= 11 is 1.93. The Bertz CT molecular complexity index is 338. The summed E-state index contributed by atoms with van der Waals surface area (Å²) in [7, 11) is 0. The van der Waals surface area contributed by atoms with Crippen LogP contribution in [0.4, 0.5) is 4.79 Å². The van der Waals surface area contributed by atoms with E-state index in [2.05, 4.69) is 22.9 Å².